The van der Waals surface area contributed by atoms with Crippen molar-refractivity contribution in [3.8, 4) is 0 Å². The second kappa shape index (κ2) is 6.08. The van der Waals surface area contributed by atoms with Crippen LogP contribution >= 0.6 is 11.3 Å². The average Bonchev–Trinajstić information content (AvgIpc) is 3.04. The highest BCUT2D eigenvalue weighted by molar-refractivity contribution is 7.89. The Hall–Kier alpha value is -0.510. The van der Waals surface area contributed by atoms with Crippen molar-refractivity contribution in [1.82, 2.24) is 4.72 Å². The van der Waals surface area contributed by atoms with Gasteiger partial charge in [0, 0.05) is 38.1 Å². The lowest BCUT2D eigenvalue weighted by atomic mass is 10.0. The molecular formula is C12H20N2O4S2. The van der Waals surface area contributed by atoms with Crippen LogP contribution in [0.15, 0.2) is 10.3 Å². The molecule has 0 aromatic carbocycles. The zero-order valence-corrected chi connectivity index (χ0v) is 13.3. The van der Waals surface area contributed by atoms with E-state index in [4.69, 9.17) is 15.2 Å². The van der Waals surface area contributed by atoms with E-state index in [-0.39, 0.29) is 13.1 Å². The molecule has 0 amide bonds. The van der Waals surface area contributed by atoms with Gasteiger partial charge in [0.1, 0.15) is 10.5 Å². The Morgan fingerprint density at radius 1 is 1.60 bits per heavy atom. The fourth-order valence-electron chi connectivity index (χ4n) is 2.25. The molecule has 114 valence electrons. The van der Waals surface area contributed by atoms with Crippen molar-refractivity contribution in [3.63, 3.8) is 0 Å². The number of rotatable bonds is 6. The van der Waals surface area contributed by atoms with Crippen molar-refractivity contribution in [3.05, 3.63) is 15.8 Å². The molecule has 2 rings (SSSR count). The Morgan fingerprint density at radius 2 is 2.35 bits per heavy atom. The fourth-order valence-corrected chi connectivity index (χ4v) is 5.06. The number of methoxy groups -OCH3 is 1. The zero-order chi connectivity index (χ0) is 14.8. The Labute approximate surface area is 123 Å². The second-order valence-corrected chi connectivity index (χ2v) is 7.56. The van der Waals surface area contributed by atoms with Crippen LogP contribution in [-0.4, -0.2) is 40.9 Å². The molecule has 1 aliphatic rings. The summed E-state index contributed by atoms with van der Waals surface area (Å²) in [5.74, 6) is 0. The number of nitrogens with two attached hydrogens (primary N) is 1. The molecule has 0 aliphatic carbocycles. The van der Waals surface area contributed by atoms with Gasteiger partial charge in [0.25, 0.3) is 0 Å². The molecule has 1 aromatic rings. The number of hydrogen-bond acceptors (Lipinski definition) is 6. The van der Waals surface area contributed by atoms with E-state index in [1.165, 1.54) is 11.3 Å². The summed E-state index contributed by atoms with van der Waals surface area (Å²) < 4.78 is 38.3. The van der Waals surface area contributed by atoms with Crippen LogP contribution in [0.5, 0.6) is 0 Å². The van der Waals surface area contributed by atoms with E-state index in [0.717, 1.165) is 5.56 Å². The fraction of sp³-hybridized carbons (Fsp3) is 0.667. The third-order valence-electron chi connectivity index (χ3n) is 3.53. The first-order chi connectivity index (χ1) is 9.44. The Balaban J connectivity index is 2.17. The minimum atomic E-state index is -3.58. The molecule has 0 bridgehead atoms. The van der Waals surface area contributed by atoms with Crippen LogP contribution in [0.1, 0.15) is 16.9 Å². The Kier molecular flexibility index (Phi) is 4.83. The van der Waals surface area contributed by atoms with Gasteiger partial charge in [0.2, 0.25) is 10.0 Å². The lowest BCUT2D eigenvalue weighted by Gasteiger charge is -2.25. The molecule has 3 N–H and O–H groups in total. The third-order valence-corrected chi connectivity index (χ3v) is 6.41. The normalized spacial score (nSPS) is 23.4. The zero-order valence-electron chi connectivity index (χ0n) is 11.6. The topological polar surface area (TPSA) is 90.7 Å². The molecule has 1 aliphatic heterocycles. The quantitative estimate of drug-likeness (QED) is 0.801. The smallest absolute Gasteiger partial charge is 0.242 e. The molecule has 6 nitrogen and oxygen atoms in total. The molecule has 1 unspecified atom stereocenters. The standard InChI is InChI=1S/C12H20N2O4S2/c1-9-6-19-10(5-13)11(9)20(15,16)14-7-12(17-2)3-4-18-8-12/h6,14H,3-5,7-8,13H2,1-2H3. The second-order valence-electron chi connectivity index (χ2n) is 4.89. The summed E-state index contributed by atoms with van der Waals surface area (Å²) in [4.78, 5) is 0.972. The van der Waals surface area contributed by atoms with Crippen LogP contribution in [0.3, 0.4) is 0 Å². The molecule has 1 fully saturated rings. The van der Waals surface area contributed by atoms with Crippen LogP contribution in [0, 0.1) is 6.92 Å². The van der Waals surface area contributed by atoms with Crippen molar-refractivity contribution in [2.45, 2.75) is 30.4 Å². The predicted molar refractivity (Wildman–Crippen MR) is 77.3 cm³/mol. The average molecular weight is 320 g/mol. The summed E-state index contributed by atoms with van der Waals surface area (Å²) in [6, 6.07) is 0. The summed E-state index contributed by atoms with van der Waals surface area (Å²) in [5, 5.41) is 1.81. The van der Waals surface area contributed by atoms with Crippen LogP contribution in [0.25, 0.3) is 0 Å². The SMILES string of the molecule is COC1(CNS(=O)(=O)c2c(C)csc2CN)CCOC1. The van der Waals surface area contributed by atoms with Gasteiger partial charge in [-0.2, -0.15) is 0 Å². The van der Waals surface area contributed by atoms with Crippen LogP contribution in [-0.2, 0) is 26.0 Å². The molecule has 0 spiro atoms. The van der Waals surface area contributed by atoms with E-state index in [0.29, 0.717) is 29.4 Å². The molecule has 1 atom stereocenters. The predicted octanol–water partition coefficient (Wildman–Crippen LogP) is 0.599. The van der Waals surface area contributed by atoms with E-state index in [9.17, 15) is 8.42 Å². The maximum absolute atomic E-state index is 12.5. The molecule has 0 radical (unpaired) electrons. The summed E-state index contributed by atoms with van der Waals surface area (Å²) in [6.07, 6.45) is 0.679. The number of thiophene rings is 1. The minimum absolute atomic E-state index is 0.200. The molecular weight excluding hydrogens is 300 g/mol. The van der Waals surface area contributed by atoms with Crippen molar-refractivity contribution < 1.29 is 17.9 Å². The van der Waals surface area contributed by atoms with Crippen LogP contribution in [0.4, 0.5) is 0 Å². The lowest BCUT2D eigenvalue weighted by Crippen LogP contribution is -2.45. The van der Waals surface area contributed by atoms with Gasteiger partial charge in [0.05, 0.1) is 6.61 Å². The maximum Gasteiger partial charge on any atom is 0.242 e. The summed E-state index contributed by atoms with van der Waals surface area (Å²) in [6.45, 7) is 3.17. The third kappa shape index (κ3) is 3.05. The number of ether oxygens (including phenoxy) is 2. The largest absolute Gasteiger partial charge is 0.378 e. The van der Waals surface area contributed by atoms with Gasteiger partial charge < -0.3 is 15.2 Å². The van der Waals surface area contributed by atoms with Crippen molar-refractivity contribution in [2.75, 3.05) is 26.9 Å². The van der Waals surface area contributed by atoms with E-state index in [2.05, 4.69) is 4.72 Å². The first-order valence-corrected chi connectivity index (χ1v) is 8.70. The van der Waals surface area contributed by atoms with E-state index in [1.807, 2.05) is 5.38 Å². The van der Waals surface area contributed by atoms with Gasteiger partial charge in [-0.25, -0.2) is 13.1 Å². The Bertz CT molecular complexity index is 562. The van der Waals surface area contributed by atoms with Gasteiger partial charge in [0.15, 0.2) is 0 Å². The molecule has 8 heteroatoms. The van der Waals surface area contributed by atoms with Gasteiger partial charge in [-0.05, 0) is 17.9 Å². The highest BCUT2D eigenvalue weighted by Gasteiger charge is 2.36. The number of nitrogens with one attached hydrogen (secondary N) is 1. The highest BCUT2D eigenvalue weighted by Crippen LogP contribution is 2.27. The van der Waals surface area contributed by atoms with Crippen LogP contribution in [0.2, 0.25) is 0 Å². The van der Waals surface area contributed by atoms with Crippen molar-refractivity contribution >= 4 is 21.4 Å². The molecule has 1 saturated heterocycles. The van der Waals surface area contributed by atoms with Gasteiger partial charge in [-0.3, -0.25) is 0 Å². The number of sulfonamides is 1. The minimum Gasteiger partial charge on any atom is -0.378 e. The summed E-state index contributed by atoms with van der Waals surface area (Å²) >= 11 is 1.37. The lowest BCUT2D eigenvalue weighted by molar-refractivity contribution is -0.0120. The molecule has 20 heavy (non-hydrogen) atoms. The van der Waals surface area contributed by atoms with Crippen molar-refractivity contribution in [2.24, 2.45) is 5.73 Å². The van der Waals surface area contributed by atoms with Crippen LogP contribution < -0.4 is 10.5 Å². The first-order valence-electron chi connectivity index (χ1n) is 6.34. The summed E-state index contributed by atoms with van der Waals surface area (Å²) in [7, 11) is -2.01. The number of aryl methyl sites for hydroxylation is 1. The monoisotopic (exact) mass is 320 g/mol. The van der Waals surface area contributed by atoms with Gasteiger partial charge in [-0.15, -0.1) is 11.3 Å². The molecule has 2 heterocycles. The van der Waals surface area contributed by atoms with E-state index >= 15 is 0 Å². The maximum atomic E-state index is 12.5. The van der Waals surface area contributed by atoms with E-state index < -0.39 is 15.6 Å². The van der Waals surface area contributed by atoms with Gasteiger partial charge in [-0.1, -0.05) is 0 Å². The van der Waals surface area contributed by atoms with Crippen molar-refractivity contribution in [1.29, 1.82) is 0 Å². The van der Waals surface area contributed by atoms with Gasteiger partial charge >= 0.3 is 0 Å². The number of hydrogen-bond donors (Lipinski definition) is 2. The first kappa shape index (κ1) is 15.9. The highest BCUT2D eigenvalue weighted by atomic mass is 32.2. The van der Waals surface area contributed by atoms with E-state index in [1.54, 1.807) is 14.0 Å². The molecule has 1 aromatic heterocycles. The Morgan fingerprint density at radius 3 is 2.90 bits per heavy atom. The molecule has 0 saturated carbocycles. The summed E-state index contributed by atoms with van der Waals surface area (Å²) in [5.41, 5.74) is 5.75.